The molecule has 3 aromatic rings. The van der Waals surface area contributed by atoms with Crippen LogP contribution in [-0.2, 0) is 13.0 Å². The Kier molecular flexibility index (Phi) is 4.60. The van der Waals surface area contributed by atoms with Gasteiger partial charge in [-0.2, -0.15) is 0 Å². The molecule has 0 unspecified atom stereocenters. The number of amides is 2. The van der Waals surface area contributed by atoms with Gasteiger partial charge in [0, 0.05) is 24.9 Å². The average molecular weight is 312 g/mol. The zero-order chi connectivity index (χ0) is 15.2. The van der Waals surface area contributed by atoms with Crippen molar-refractivity contribution in [3.05, 3.63) is 59.4 Å². The van der Waals surface area contributed by atoms with E-state index in [1.54, 1.807) is 17.5 Å². The normalized spacial score (nSPS) is 10.5. The van der Waals surface area contributed by atoms with E-state index in [0.717, 1.165) is 27.3 Å². The highest BCUT2D eigenvalue weighted by atomic mass is 32.1. The fraction of sp³-hybridized carbons (Fsp3) is 0.188. The lowest BCUT2D eigenvalue weighted by atomic mass is 10.3. The van der Waals surface area contributed by atoms with E-state index in [1.165, 1.54) is 0 Å². The van der Waals surface area contributed by atoms with Crippen LogP contribution in [0.15, 0.2) is 48.7 Å². The summed E-state index contributed by atoms with van der Waals surface area (Å²) in [5, 5.41) is 6.55. The third kappa shape index (κ3) is 3.79. The highest BCUT2D eigenvalue weighted by Gasteiger charge is 2.05. The quantitative estimate of drug-likeness (QED) is 0.761. The first-order valence-corrected chi connectivity index (χ1v) is 7.89. The molecule has 1 aromatic carbocycles. The van der Waals surface area contributed by atoms with Crippen molar-refractivity contribution >= 4 is 27.6 Å². The van der Waals surface area contributed by atoms with Gasteiger partial charge in [-0.1, -0.05) is 18.2 Å². The van der Waals surface area contributed by atoms with E-state index in [4.69, 9.17) is 0 Å². The van der Waals surface area contributed by atoms with Crippen molar-refractivity contribution in [2.45, 2.75) is 13.0 Å². The Morgan fingerprint density at radius 1 is 1.09 bits per heavy atom. The second-order valence-electron chi connectivity index (χ2n) is 4.76. The van der Waals surface area contributed by atoms with E-state index in [-0.39, 0.29) is 6.03 Å². The first kappa shape index (κ1) is 14.5. The fourth-order valence-corrected chi connectivity index (χ4v) is 2.97. The van der Waals surface area contributed by atoms with Gasteiger partial charge in [-0.15, -0.1) is 11.3 Å². The van der Waals surface area contributed by atoms with Crippen LogP contribution in [0.4, 0.5) is 4.79 Å². The standard InChI is InChI=1S/C16H16N4OS/c21-16(18-10-8-12-5-3-4-9-17-12)19-11-15-20-13-6-1-2-7-14(13)22-15/h1-7,9H,8,10-11H2,(H2,18,19,21). The van der Waals surface area contributed by atoms with Crippen molar-refractivity contribution in [1.82, 2.24) is 20.6 Å². The maximum absolute atomic E-state index is 11.8. The second-order valence-corrected chi connectivity index (χ2v) is 5.87. The van der Waals surface area contributed by atoms with Gasteiger partial charge in [-0.05, 0) is 24.3 Å². The van der Waals surface area contributed by atoms with Crippen LogP contribution >= 0.6 is 11.3 Å². The van der Waals surface area contributed by atoms with Gasteiger partial charge in [0.2, 0.25) is 0 Å². The van der Waals surface area contributed by atoms with E-state index < -0.39 is 0 Å². The molecule has 0 fully saturated rings. The molecule has 0 bridgehead atoms. The molecule has 22 heavy (non-hydrogen) atoms. The minimum absolute atomic E-state index is 0.185. The van der Waals surface area contributed by atoms with Gasteiger partial charge in [0.25, 0.3) is 0 Å². The average Bonchev–Trinajstić information content (AvgIpc) is 2.97. The number of pyridine rings is 1. The Labute approximate surface area is 132 Å². The summed E-state index contributed by atoms with van der Waals surface area (Å²) in [5.41, 5.74) is 1.94. The van der Waals surface area contributed by atoms with Crippen LogP contribution in [0.3, 0.4) is 0 Å². The maximum Gasteiger partial charge on any atom is 0.315 e. The molecule has 2 heterocycles. The minimum Gasteiger partial charge on any atom is -0.338 e. The Morgan fingerprint density at radius 3 is 2.77 bits per heavy atom. The number of urea groups is 1. The zero-order valence-corrected chi connectivity index (χ0v) is 12.8. The molecule has 0 saturated heterocycles. The Morgan fingerprint density at radius 2 is 1.95 bits per heavy atom. The predicted molar refractivity (Wildman–Crippen MR) is 87.8 cm³/mol. The Balaban J connectivity index is 1.44. The number of benzene rings is 1. The molecule has 0 radical (unpaired) electrons. The molecule has 5 nitrogen and oxygen atoms in total. The summed E-state index contributed by atoms with van der Waals surface area (Å²) >= 11 is 1.60. The van der Waals surface area contributed by atoms with Gasteiger partial charge >= 0.3 is 6.03 Å². The number of fused-ring (bicyclic) bond motifs is 1. The second kappa shape index (κ2) is 7.00. The summed E-state index contributed by atoms with van der Waals surface area (Å²) in [6.45, 7) is 0.997. The number of nitrogens with zero attached hydrogens (tertiary/aromatic N) is 2. The third-order valence-electron chi connectivity index (χ3n) is 3.13. The van der Waals surface area contributed by atoms with Crippen LogP contribution in [0, 0.1) is 0 Å². The van der Waals surface area contributed by atoms with E-state index in [9.17, 15) is 4.79 Å². The van der Waals surface area contributed by atoms with E-state index in [1.807, 2.05) is 42.5 Å². The molecule has 3 rings (SSSR count). The Bertz CT molecular complexity index is 724. The summed E-state index contributed by atoms with van der Waals surface area (Å²) in [7, 11) is 0. The van der Waals surface area contributed by atoms with Crippen molar-refractivity contribution in [3.63, 3.8) is 0 Å². The number of nitrogens with one attached hydrogen (secondary N) is 2. The van der Waals surface area contributed by atoms with Crippen molar-refractivity contribution in [1.29, 1.82) is 0 Å². The van der Waals surface area contributed by atoms with Crippen LogP contribution in [0.2, 0.25) is 0 Å². The first-order chi connectivity index (χ1) is 10.8. The molecular formula is C16H16N4OS. The van der Waals surface area contributed by atoms with Gasteiger partial charge in [0.1, 0.15) is 5.01 Å². The van der Waals surface area contributed by atoms with Crippen LogP contribution in [-0.4, -0.2) is 22.5 Å². The first-order valence-electron chi connectivity index (χ1n) is 7.07. The van der Waals surface area contributed by atoms with Gasteiger partial charge in [-0.3, -0.25) is 4.98 Å². The van der Waals surface area contributed by atoms with Crippen LogP contribution in [0.5, 0.6) is 0 Å². The summed E-state index contributed by atoms with van der Waals surface area (Å²) in [5.74, 6) is 0. The number of hydrogen-bond donors (Lipinski definition) is 2. The summed E-state index contributed by atoms with van der Waals surface area (Å²) in [6, 6.07) is 13.5. The monoisotopic (exact) mass is 312 g/mol. The highest BCUT2D eigenvalue weighted by molar-refractivity contribution is 7.18. The molecule has 6 heteroatoms. The number of rotatable bonds is 5. The molecule has 2 N–H and O–H groups in total. The molecule has 0 spiro atoms. The fourth-order valence-electron chi connectivity index (χ4n) is 2.06. The smallest absolute Gasteiger partial charge is 0.315 e. The van der Waals surface area contributed by atoms with Gasteiger partial charge in [0.15, 0.2) is 0 Å². The third-order valence-corrected chi connectivity index (χ3v) is 4.17. The number of hydrogen-bond acceptors (Lipinski definition) is 4. The Hall–Kier alpha value is -2.47. The number of carbonyl (C=O) groups is 1. The van der Waals surface area contributed by atoms with E-state index >= 15 is 0 Å². The summed E-state index contributed by atoms with van der Waals surface area (Å²) in [4.78, 5) is 20.4. The van der Waals surface area contributed by atoms with Crippen LogP contribution < -0.4 is 10.6 Å². The maximum atomic E-state index is 11.8. The number of para-hydroxylation sites is 1. The van der Waals surface area contributed by atoms with Crippen molar-refractivity contribution in [3.8, 4) is 0 Å². The summed E-state index contributed by atoms with van der Waals surface area (Å²) in [6.07, 6.45) is 2.47. The molecule has 0 aliphatic carbocycles. The minimum atomic E-state index is -0.185. The van der Waals surface area contributed by atoms with Gasteiger partial charge in [0.05, 0.1) is 16.8 Å². The van der Waals surface area contributed by atoms with Crippen molar-refractivity contribution in [2.75, 3.05) is 6.54 Å². The number of thiazole rings is 1. The highest BCUT2D eigenvalue weighted by Crippen LogP contribution is 2.21. The molecule has 0 atom stereocenters. The number of carbonyl (C=O) groups excluding carboxylic acids is 1. The predicted octanol–water partition coefficient (Wildman–Crippen LogP) is 2.73. The van der Waals surface area contributed by atoms with Crippen LogP contribution in [0.25, 0.3) is 10.2 Å². The zero-order valence-electron chi connectivity index (χ0n) is 12.0. The molecule has 2 aromatic heterocycles. The van der Waals surface area contributed by atoms with Crippen molar-refractivity contribution in [2.24, 2.45) is 0 Å². The molecule has 0 saturated carbocycles. The molecule has 2 amide bonds. The SMILES string of the molecule is O=C(NCCc1ccccn1)NCc1nc2ccccc2s1. The summed E-state index contributed by atoms with van der Waals surface area (Å²) < 4.78 is 1.13. The molecule has 0 aliphatic rings. The van der Waals surface area contributed by atoms with Crippen LogP contribution in [0.1, 0.15) is 10.7 Å². The molecule has 112 valence electrons. The van der Waals surface area contributed by atoms with E-state index in [2.05, 4.69) is 20.6 Å². The van der Waals surface area contributed by atoms with Gasteiger partial charge < -0.3 is 10.6 Å². The molecule has 0 aliphatic heterocycles. The lowest BCUT2D eigenvalue weighted by molar-refractivity contribution is 0.240. The number of aromatic nitrogens is 2. The lowest BCUT2D eigenvalue weighted by Gasteiger charge is -2.05. The van der Waals surface area contributed by atoms with Crippen molar-refractivity contribution < 1.29 is 4.79 Å². The largest absolute Gasteiger partial charge is 0.338 e. The van der Waals surface area contributed by atoms with Gasteiger partial charge in [-0.25, -0.2) is 9.78 Å². The lowest BCUT2D eigenvalue weighted by Crippen LogP contribution is -2.36. The molecular weight excluding hydrogens is 296 g/mol. The van der Waals surface area contributed by atoms with E-state index in [0.29, 0.717) is 13.1 Å². The topological polar surface area (TPSA) is 66.9 Å².